The Balaban J connectivity index is 1.50. The summed E-state index contributed by atoms with van der Waals surface area (Å²) in [5.74, 6) is -0.705. The van der Waals surface area contributed by atoms with Crippen LogP contribution in [0.5, 0.6) is 0 Å². The molecule has 2 aliphatic rings. The number of carbonyl (C=O) groups is 3. The molecule has 0 aliphatic carbocycles. The van der Waals surface area contributed by atoms with Gasteiger partial charge in [0.1, 0.15) is 6.04 Å². The van der Waals surface area contributed by atoms with Crippen LogP contribution in [0, 0.1) is 0 Å². The number of pyridine rings is 1. The molecule has 2 aliphatic heterocycles. The molecular formula is C26H34N6O4. The number of fused-ring (bicyclic) bond motifs is 1. The fraction of sp³-hybridized carbons (Fsp3) is 0.462. The van der Waals surface area contributed by atoms with Crippen LogP contribution in [-0.2, 0) is 27.4 Å². The average Bonchev–Trinajstić information content (AvgIpc) is 3.18. The van der Waals surface area contributed by atoms with Crippen molar-refractivity contribution in [3.8, 4) is 0 Å². The monoisotopic (exact) mass is 494 g/mol. The smallest absolute Gasteiger partial charge is 0.318 e. The van der Waals surface area contributed by atoms with Crippen LogP contribution in [0.25, 0.3) is 0 Å². The molecule has 10 nitrogen and oxygen atoms in total. The first-order chi connectivity index (χ1) is 17.2. The summed E-state index contributed by atoms with van der Waals surface area (Å²) in [6, 6.07) is 14.2. The van der Waals surface area contributed by atoms with Crippen LogP contribution in [0.15, 0.2) is 54.7 Å². The van der Waals surface area contributed by atoms with Gasteiger partial charge in [0, 0.05) is 44.5 Å². The van der Waals surface area contributed by atoms with E-state index in [0.29, 0.717) is 39.2 Å². The molecule has 2 atom stereocenters. The number of hydrogen-bond donors (Lipinski definition) is 3. The van der Waals surface area contributed by atoms with E-state index in [1.54, 1.807) is 29.8 Å². The number of benzene rings is 1. The molecule has 10 heteroatoms. The first kappa shape index (κ1) is 25.6. The minimum Gasteiger partial charge on any atom is -0.374 e. The minimum absolute atomic E-state index is 0.000182. The van der Waals surface area contributed by atoms with Crippen LogP contribution < -0.4 is 16.4 Å². The summed E-state index contributed by atoms with van der Waals surface area (Å²) < 4.78 is 5.84. The van der Waals surface area contributed by atoms with E-state index in [9.17, 15) is 14.4 Å². The number of amides is 4. The predicted molar refractivity (Wildman–Crippen MR) is 134 cm³/mol. The summed E-state index contributed by atoms with van der Waals surface area (Å²) >= 11 is 0. The van der Waals surface area contributed by atoms with Crippen LogP contribution >= 0.6 is 0 Å². The van der Waals surface area contributed by atoms with Gasteiger partial charge in [-0.25, -0.2) is 4.79 Å². The molecule has 1 aromatic carbocycles. The van der Waals surface area contributed by atoms with Crippen molar-refractivity contribution in [1.82, 2.24) is 25.4 Å². The molecule has 0 bridgehead atoms. The quantitative estimate of drug-likeness (QED) is 0.470. The van der Waals surface area contributed by atoms with Crippen LogP contribution in [0.2, 0.25) is 0 Å². The summed E-state index contributed by atoms with van der Waals surface area (Å²) in [7, 11) is 0. The van der Waals surface area contributed by atoms with E-state index in [2.05, 4.69) is 15.6 Å². The topological polar surface area (TPSA) is 130 Å². The van der Waals surface area contributed by atoms with E-state index in [4.69, 9.17) is 10.5 Å². The van der Waals surface area contributed by atoms with Gasteiger partial charge in [0.05, 0.1) is 24.3 Å². The maximum Gasteiger partial charge on any atom is 0.318 e. The number of rotatable bonds is 9. The number of ether oxygens (including phenoxy) is 1. The highest BCUT2D eigenvalue weighted by Crippen LogP contribution is 2.29. The van der Waals surface area contributed by atoms with Gasteiger partial charge < -0.3 is 30.9 Å². The van der Waals surface area contributed by atoms with E-state index in [1.165, 1.54) is 0 Å². The summed E-state index contributed by atoms with van der Waals surface area (Å²) in [5, 5.41) is 5.71. The van der Waals surface area contributed by atoms with Crippen LogP contribution in [0.1, 0.15) is 25.1 Å². The van der Waals surface area contributed by atoms with Crippen molar-refractivity contribution in [2.45, 2.75) is 44.0 Å². The first-order valence-electron chi connectivity index (χ1n) is 12.1. The average molecular weight is 495 g/mol. The van der Waals surface area contributed by atoms with Gasteiger partial charge in [-0.1, -0.05) is 36.4 Å². The Morgan fingerprint density at radius 3 is 2.64 bits per heavy atom. The lowest BCUT2D eigenvalue weighted by Gasteiger charge is -2.46. The maximum absolute atomic E-state index is 13.7. The summed E-state index contributed by atoms with van der Waals surface area (Å²) in [4.78, 5) is 46.9. The third-order valence-corrected chi connectivity index (χ3v) is 6.60. The lowest BCUT2D eigenvalue weighted by molar-refractivity contribution is -0.142. The molecule has 3 heterocycles. The van der Waals surface area contributed by atoms with Gasteiger partial charge in [-0.2, -0.15) is 0 Å². The highest BCUT2D eigenvalue weighted by Gasteiger charge is 2.50. The van der Waals surface area contributed by atoms with Gasteiger partial charge in [-0.3, -0.25) is 14.6 Å². The Morgan fingerprint density at radius 2 is 1.94 bits per heavy atom. The van der Waals surface area contributed by atoms with E-state index in [1.807, 2.05) is 48.5 Å². The number of aromatic nitrogens is 1. The molecule has 0 unspecified atom stereocenters. The van der Waals surface area contributed by atoms with E-state index in [-0.39, 0.29) is 18.5 Å². The van der Waals surface area contributed by atoms with Crippen molar-refractivity contribution < 1.29 is 19.1 Å². The van der Waals surface area contributed by atoms with Gasteiger partial charge in [0.25, 0.3) is 0 Å². The van der Waals surface area contributed by atoms with Crippen molar-refractivity contribution in [2.75, 3.05) is 32.8 Å². The Labute approximate surface area is 211 Å². The Morgan fingerprint density at radius 1 is 1.19 bits per heavy atom. The first-order valence-corrected chi connectivity index (χ1v) is 12.1. The Hall–Kier alpha value is -3.50. The zero-order valence-electron chi connectivity index (χ0n) is 20.8. The lowest BCUT2D eigenvalue weighted by Crippen LogP contribution is -2.66. The molecule has 192 valence electrons. The maximum atomic E-state index is 13.7. The van der Waals surface area contributed by atoms with E-state index >= 15 is 0 Å². The van der Waals surface area contributed by atoms with Crippen LogP contribution in [0.3, 0.4) is 0 Å². The Kier molecular flexibility index (Phi) is 7.56. The van der Waals surface area contributed by atoms with E-state index < -0.39 is 23.0 Å². The predicted octanol–water partition coefficient (Wildman–Crippen LogP) is 0.669. The van der Waals surface area contributed by atoms with Gasteiger partial charge in [-0.15, -0.1) is 0 Å². The third-order valence-electron chi connectivity index (χ3n) is 6.60. The van der Waals surface area contributed by atoms with Gasteiger partial charge in [0.2, 0.25) is 11.8 Å². The minimum atomic E-state index is -1.15. The number of urea groups is 1. The number of nitrogens with one attached hydrogen (secondary N) is 2. The number of piperazine rings is 1. The molecule has 1 aromatic heterocycles. The SMILES string of the molecule is CC(C)(N)C(=O)N[C@H](COCc1ccccc1)C(=O)N1CCN2C(=O)NC[C@]2(Cc2ccccn2)C1. The van der Waals surface area contributed by atoms with Gasteiger partial charge >= 0.3 is 6.03 Å². The van der Waals surface area contributed by atoms with Crippen molar-refractivity contribution in [2.24, 2.45) is 5.73 Å². The molecule has 2 saturated heterocycles. The van der Waals surface area contributed by atoms with Crippen molar-refractivity contribution in [3.05, 3.63) is 66.0 Å². The largest absolute Gasteiger partial charge is 0.374 e. The summed E-state index contributed by atoms with van der Waals surface area (Å²) in [6.45, 7) is 4.95. The number of nitrogens with two attached hydrogens (primary N) is 1. The van der Waals surface area contributed by atoms with Gasteiger partial charge in [0.15, 0.2) is 0 Å². The zero-order chi connectivity index (χ0) is 25.8. The molecule has 36 heavy (non-hydrogen) atoms. The molecule has 0 radical (unpaired) electrons. The van der Waals surface area contributed by atoms with Gasteiger partial charge in [-0.05, 0) is 31.5 Å². The zero-order valence-corrected chi connectivity index (χ0v) is 20.8. The highest BCUT2D eigenvalue weighted by atomic mass is 16.5. The molecule has 4 rings (SSSR count). The van der Waals surface area contributed by atoms with Crippen molar-refractivity contribution in [3.63, 3.8) is 0 Å². The summed E-state index contributed by atoms with van der Waals surface area (Å²) in [5.41, 5.74) is 6.01. The number of nitrogens with zero attached hydrogens (tertiary/aromatic N) is 3. The molecule has 2 aromatic rings. The van der Waals surface area contributed by atoms with Crippen molar-refractivity contribution >= 4 is 17.8 Å². The number of hydrogen-bond acceptors (Lipinski definition) is 6. The third kappa shape index (κ3) is 5.83. The molecule has 4 N–H and O–H groups in total. The van der Waals surface area contributed by atoms with Crippen LogP contribution in [0.4, 0.5) is 4.79 Å². The second kappa shape index (κ2) is 10.6. The standard InChI is InChI=1S/C26H34N6O4/c1-25(2,27)23(34)30-21(16-36-15-19-8-4-3-5-9-19)22(33)31-12-13-32-24(35)29-17-26(32,18-31)14-20-10-6-7-11-28-20/h3-11,21H,12-18,27H2,1-2H3,(H,29,35)(H,30,34)/t21-,26-/m1/s1. The fourth-order valence-electron chi connectivity index (χ4n) is 4.63. The van der Waals surface area contributed by atoms with E-state index in [0.717, 1.165) is 11.3 Å². The second-order valence-electron chi connectivity index (χ2n) is 10.0. The molecule has 4 amide bonds. The number of carbonyl (C=O) groups excluding carboxylic acids is 3. The molecule has 0 spiro atoms. The van der Waals surface area contributed by atoms with Crippen LogP contribution in [-0.4, -0.2) is 82.5 Å². The highest BCUT2D eigenvalue weighted by molar-refractivity contribution is 5.92. The fourth-order valence-corrected chi connectivity index (χ4v) is 4.63. The lowest BCUT2D eigenvalue weighted by atomic mass is 9.89. The Bertz CT molecular complexity index is 1070. The molecular weight excluding hydrogens is 460 g/mol. The molecule has 2 fully saturated rings. The second-order valence-corrected chi connectivity index (χ2v) is 10.0. The molecule has 0 saturated carbocycles. The normalized spacial score (nSPS) is 20.5. The summed E-state index contributed by atoms with van der Waals surface area (Å²) in [6.07, 6.45) is 2.23. The van der Waals surface area contributed by atoms with Crippen molar-refractivity contribution in [1.29, 1.82) is 0 Å².